The predicted octanol–water partition coefficient (Wildman–Crippen LogP) is 4.86. The van der Waals surface area contributed by atoms with Crippen LogP contribution in [0.3, 0.4) is 0 Å². The van der Waals surface area contributed by atoms with E-state index >= 15 is 0 Å². The zero-order chi connectivity index (χ0) is 41.8. The van der Waals surface area contributed by atoms with Crippen LogP contribution in [0.4, 0.5) is 9.59 Å². The van der Waals surface area contributed by atoms with Crippen LogP contribution in [0.15, 0.2) is 60.8 Å². The molecule has 4 amide bonds. The molecule has 3 aromatic carbocycles. The number of amides is 4. The van der Waals surface area contributed by atoms with Crippen molar-refractivity contribution in [2.75, 3.05) is 54.7 Å². The number of carbonyl (C=O) groups is 4. The molecule has 0 bridgehead atoms. The third kappa shape index (κ3) is 8.58. The minimum Gasteiger partial charge on any atom is -0.453 e. The number of aromatic amines is 2. The maximum atomic E-state index is 13.8. The number of nitrogens with one attached hydrogen (secondary N) is 4. The van der Waals surface area contributed by atoms with Crippen molar-refractivity contribution < 1.29 is 42.9 Å². The van der Waals surface area contributed by atoms with Crippen molar-refractivity contribution in [1.82, 2.24) is 40.4 Å². The Morgan fingerprint density at radius 3 is 1.98 bits per heavy atom. The molecule has 0 saturated carbocycles. The van der Waals surface area contributed by atoms with Gasteiger partial charge in [0.2, 0.25) is 11.8 Å². The molecule has 4 N–H and O–H groups in total. The lowest BCUT2D eigenvalue weighted by molar-refractivity contribution is -0.146. The minimum atomic E-state index is -0.965. The second-order valence-electron chi connectivity index (χ2n) is 14.7. The number of rotatable bonds is 12. The number of methoxy groups -OCH3 is 4. The molecule has 0 radical (unpaired) electrons. The van der Waals surface area contributed by atoms with Crippen molar-refractivity contribution in [2.24, 2.45) is 0 Å². The number of imidazole rings is 2. The highest BCUT2D eigenvalue weighted by atomic mass is 16.5. The summed E-state index contributed by atoms with van der Waals surface area (Å²) in [4.78, 5) is 71.4. The molecule has 0 spiro atoms. The van der Waals surface area contributed by atoms with E-state index in [0.29, 0.717) is 31.3 Å². The average Bonchev–Trinajstić information content (AvgIpc) is 4.06. The van der Waals surface area contributed by atoms with Crippen LogP contribution in [0.5, 0.6) is 0 Å². The van der Waals surface area contributed by atoms with Gasteiger partial charge in [0, 0.05) is 32.9 Å². The number of aromatic nitrogens is 4. The number of nitrogens with zero attached hydrogens (tertiary/aromatic N) is 4. The van der Waals surface area contributed by atoms with E-state index < -0.39 is 42.5 Å². The molecule has 7 rings (SSSR count). The monoisotopic (exact) mass is 810 g/mol. The highest BCUT2D eigenvalue weighted by molar-refractivity contribution is 5.92. The van der Waals surface area contributed by atoms with E-state index in [-0.39, 0.29) is 24.5 Å². The van der Waals surface area contributed by atoms with Crippen LogP contribution < -0.4 is 10.6 Å². The first-order valence-corrected chi connectivity index (χ1v) is 19.6. The van der Waals surface area contributed by atoms with Gasteiger partial charge in [0.05, 0.1) is 68.6 Å². The van der Waals surface area contributed by atoms with Crippen LogP contribution in [-0.4, -0.2) is 133 Å². The van der Waals surface area contributed by atoms with Gasteiger partial charge in [0.15, 0.2) is 0 Å². The standard InChI is InChI=1S/C42H50N8O9/c1-23(55-3)35(47-41(53)57-5)39(51)49-15-7-8-33(49)37-43-21-32(46-37)29-12-11-25-18-26(9-10-27(25)19-29)28-13-14-30-31(20-28)45-38(44-30)34-22-59-17-16-50(34)40(52)36(24(2)56-4)48-42(54)58-6/h9-14,18-21,23-24,33-36H,7-8,15-17,22H2,1-6H3,(H,43,46)(H,44,45)(H,47,53)(H,48,54). The van der Waals surface area contributed by atoms with Gasteiger partial charge in [-0.25, -0.2) is 19.6 Å². The van der Waals surface area contributed by atoms with E-state index in [9.17, 15) is 19.2 Å². The van der Waals surface area contributed by atoms with Crippen LogP contribution in [0, 0.1) is 0 Å². The van der Waals surface area contributed by atoms with Gasteiger partial charge < -0.3 is 54.1 Å². The highest BCUT2D eigenvalue weighted by Gasteiger charge is 2.40. The Morgan fingerprint density at radius 1 is 0.746 bits per heavy atom. The molecule has 312 valence electrons. The number of ether oxygens (including phenoxy) is 5. The molecule has 6 atom stereocenters. The average molecular weight is 811 g/mol. The summed E-state index contributed by atoms with van der Waals surface area (Å²) in [5, 5.41) is 7.33. The van der Waals surface area contributed by atoms with Gasteiger partial charge in [0.25, 0.3) is 0 Å². The summed E-state index contributed by atoms with van der Waals surface area (Å²) in [5.41, 5.74) is 5.33. The summed E-state index contributed by atoms with van der Waals surface area (Å²) in [5.74, 6) is 0.675. The van der Waals surface area contributed by atoms with Crippen LogP contribution in [-0.2, 0) is 33.3 Å². The van der Waals surface area contributed by atoms with Crippen molar-refractivity contribution in [1.29, 1.82) is 0 Å². The Hall–Kier alpha value is -6.04. The van der Waals surface area contributed by atoms with Crippen LogP contribution in [0.2, 0.25) is 0 Å². The van der Waals surface area contributed by atoms with Crippen LogP contribution in [0.25, 0.3) is 44.2 Å². The first-order chi connectivity index (χ1) is 28.5. The van der Waals surface area contributed by atoms with E-state index in [2.05, 4.69) is 50.9 Å². The maximum Gasteiger partial charge on any atom is 0.407 e. The van der Waals surface area contributed by atoms with E-state index in [1.807, 2.05) is 24.3 Å². The lowest BCUT2D eigenvalue weighted by Gasteiger charge is -2.37. The summed E-state index contributed by atoms with van der Waals surface area (Å²) < 4.78 is 26.1. The highest BCUT2D eigenvalue weighted by Crippen LogP contribution is 2.34. The third-order valence-corrected chi connectivity index (χ3v) is 11.3. The molecule has 2 aliphatic heterocycles. The summed E-state index contributed by atoms with van der Waals surface area (Å²) >= 11 is 0. The Balaban J connectivity index is 1.08. The first-order valence-electron chi connectivity index (χ1n) is 19.6. The van der Waals surface area contributed by atoms with Crippen molar-refractivity contribution in [2.45, 2.75) is 63.1 Å². The van der Waals surface area contributed by atoms with Crippen molar-refractivity contribution >= 4 is 45.8 Å². The second-order valence-corrected chi connectivity index (χ2v) is 14.7. The van der Waals surface area contributed by atoms with Gasteiger partial charge in [-0.05, 0) is 72.9 Å². The quantitative estimate of drug-likeness (QED) is 0.134. The van der Waals surface area contributed by atoms with Crippen LogP contribution >= 0.6 is 0 Å². The largest absolute Gasteiger partial charge is 0.453 e. The van der Waals surface area contributed by atoms with Crippen molar-refractivity contribution in [3.8, 4) is 22.4 Å². The molecular weight excluding hydrogens is 761 g/mol. The fraction of sp³-hybridized carbons (Fsp3) is 0.429. The van der Waals surface area contributed by atoms with E-state index in [0.717, 1.165) is 57.0 Å². The SMILES string of the molecule is COC(=O)NC(C(=O)N1CCCC1c1ncc(-c2ccc3cc(-c4ccc5nc(C6COCCN6C(=O)C(NC(=O)OC)C(C)OC)[nH]c5c4)ccc3c2)[nH]1)C(C)OC. The number of alkyl carbamates (subject to hydrolysis) is 2. The number of fused-ring (bicyclic) bond motifs is 2. The zero-order valence-corrected chi connectivity index (χ0v) is 33.9. The number of H-pyrrole nitrogens is 2. The number of benzene rings is 3. The lowest BCUT2D eigenvalue weighted by Crippen LogP contribution is -2.57. The fourth-order valence-electron chi connectivity index (χ4n) is 7.78. The Labute approximate surface area is 341 Å². The van der Waals surface area contributed by atoms with Gasteiger partial charge >= 0.3 is 12.2 Å². The molecule has 59 heavy (non-hydrogen) atoms. The number of hydrogen-bond donors (Lipinski definition) is 4. The second kappa shape index (κ2) is 17.8. The van der Waals surface area contributed by atoms with Gasteiger partial charge in [-0.2, -0.15) is 0 Å². The van der Waals surface area contributed by atoms with Gasteiger partial charge in [-0.3, -0.25) is 9.59 Å². The van der Waals surface area contributed by atoms with E-state index in [1.165, 1.54) is 28.4 Å². The molecule has 6 unspecified atom stereocenters. The Morgan fingerprint density at radius 2 is 1.34 bits per heavy atom. The summed E-state index contributed by atoms with van der Waals surface area (Å²) in [6, 6.07) is 15.9. The fourth-order valence-corrected chi connectivity index (χ4v) is 7.78. The molecule has 2 aliphatic rings. The maximum absolute atomic E-state index is 13.8. The van der Waals surface area contributed by atoms with Crippen LogP contribution in [0.1, 0.15) is 50.4 Å². The van der Waals surface area contributed by atoms with Gasteiger partial charge in [-0.15, -0.1) is 0 Å². The number of carbonyl (C=O) groups excluding carboxylic acids is 4. The van der Waals surface area contributed by atoms with Crippen molar-refractivity contribution in [3.05, 3.63) is 72.4 Å². The summed E-state index contributed by atoms with van der Waals surface area (Å²) in [6.07, 6.45) is 0.721. The first kappa shape index (κ1) is 41.1. The Kier molecular flexibility index (Phi) is 12.4. The summed E-state index contributed by atoms with van der Waals surface area (Å²) in [6.45, 7) is 4.87. The van der Waals surface area contributed by atoms with Gasteiger partial charge in [-0.1, -0.05) is 30.3 Å². The molecular formula is C42H50N8O9. The van der Waals surface area contributed by atoms with E-state index in [4.69, 9.17) is 33.7 Å². The third-order valence-electron chi connectivity index (χ3n) is 11.3. The minimum absolute atomic E-state index is 0.237. The Bertz CT molecular complexity index is 2330. The molecule has 4 heterocycles. The number of hydrogen-bond acceptors (Lipinski definition) is 11. The molecule has 17 heteroatoms. The topological polar surface area (TPSA) is 202 Å². The molecule has 5 aromatic rings. The smallest absolute Gasteiger partial charge is 0.407 e. The zero-order valence-electron chi connectivity index (χ0n) is 33.9. The van der Waals surface area contributed by atoms with Crippen molar-refractivity contribution in [3.63, 3.8) is 0 Å². The number of likely N-dealkylation sites (tertiary alicyclic amines) is 1. The molecule has 0 aliphatic carbocycles. The molecule has 2 saturated heterocycles. The van der Waals surface area contributed by atoms with Gasteiger partial charge in [0.1, 0.15) is 29.8 Å². The molecule has 2 fully saturated rings. The molecule has 2 aromatic heterocycles. The lowest BCUT2D eigenvalue weighted by atomic mass is 9.99. The number of morpholine rings is 1. The summed E-state index contributed by atoms with van der Waals surface area (Å²) in [7, 11) is 5.48. The predicted molar refractivity (Wildman–Crippen MR) is 217 cm³/mol. The van der Waals surface area contributed by atoms with E-state index in [1.54, 1.807) is 29.8 Å². The normalized spacial score (nSPS) is 18.9. The molecule has 17 nitrogen and oxygen atoms in total.